The van der Waals surface area contributed by atoms with E-state index in [4.69, 9.17) is 0 Å². The van der Waals surface area contributed by atoms with Crippen LogP contribution in [0.15, 0.2) is 4.99 Å². The summed E-state index contributed by atoms with van der Waals surface area (Å²) in [5.74, 6) is -0.875. The molecular weight excluding hydrogens is 484 g/mol. The van der Waals surface area contributed by atoms with Gasteiger partial charge in [0, 0.05) is 44.6 Å². The molecule has 5 nitrogen and oxygen atoms in total. The van der Waals surface area contributed by atoms with Gasteiger partial charge in [-0.15, -0.1) is 24.0 Å². The first-order valence-electron chi connectivity index (χ1n) is 10.2. The van der Waals surface area contributed by atoms with Crippen molar-refractivity contribution in [3.05, 3.63) is 0 Å². The highest BCUT2D eigenvalue weighted by Crippen LogP contribution is 2.41. The smallest absolute Gasteiger partial charge is 0.357 e. The summed E-state index contributed by atoms with van der Waals surface area (Å²) in [5, 5.41) is 6.18. The van der Waals surface area contributed by atoms with Gasteiger partial charge in [0.1, 0.15) is 0 Å². The van der Waals surface area contributed by atoms with Gasteiger partial charge in [0.15, 0.2) is 5.96 Å². The van der Waals surface area contributed by atoms with Crippen molar-refractivity contribution in [3.8, 4) is 0 Å². The molecule has 9 heteroatoms. The largest absolute Gasteiger partial charge is 0.392 e. The number of aliphatic imine (C=N–C) groups is 1. The molecule has 1 spiro atoms. The van der Waals surface area contributed by atoms with Crippen LogP contribution in [-0.4, -0.2) is 55.7 Å². The molecule has 0 radical (unpaired) electrons. The summed E-state index contributed by atoms with van der Waals surface area (Å²) in [6.45, 7) is 5.09. The number of likely N-dealkylation sites (tertiary alicyclic amines) is 1. The molecule has 3 atom stereocenters. The molecule has 2 saturated heterocycles. The molecule has 28 heavy (non-hydrogen) atoms. The van der Waals surface area contributed by atoms with Crippen molar-refractivity contribution >= 4 is 35.8 Å². The average Bonchev–Trinajstić information content (AvgIpc) is 2.98. The Kier molecular flexibility index (Phi) is 8.27. The number of piperidine rings is 1. The van der Waals surface area contributed by atoms with Crippen LogP contribution in [0.4, 0.5) is 13.2 Å². The van der Waals surface area contributed by atoms with E-state index in [0.29, 0.717) is 38.3 Å². The normalized spacial score (nSPS) is 31.5. The zero-order valence-corrected chi connectivity index (χ0v) is 18.8. The van der Waals surface area contributed by atoms with Crippen LogP contribution >= 0.6 is 24.0 Å². The van der Waals surface area contributed by atoms with Gasteiger partial charge >= 0.3 is 6.18 Å². The number of rotatable bonds is 3. The number of hydrogen-bond acceptors (Lipinski definition) is 2. The minimum absolute atomic E-state index is 0. The second kappa shape index (κ2) is 9.84. The maximum atomic E-state index is 13.3. The standard InChI is InChI=1S/C19H31F3N4O.HI/c1-2-23-17(24-11-14-6-3-4-7-15(14)19(20,21)22)26-9-5-8-18(13-26)10-16(27)25-12-18;/h14-15H,2-13H2,1H3,(H,23,24)(H,25,27);1H. The fraction of sp³-hybridized carbons (Fsp3) is 0.895. The number of nitrogens with one attached hydrogen (secondary N) is 2. The topological polar surface area (TPSA) is 56.7 Å². The van der Waals surface area contributed by atoms with E-state index in [1.54, 1.807) is 0 Å². The van der Waals surface area contributed by atoms with Crippen LogP contribution in [0.25, 0.3) is 0 Å². The summed E-state index contributed by atoms with van der Waals surface area (Å²) in [5.41, 5.74) is -0.0646. The van der Waals surface area contributed by atoms with Crippen LogP contribution in [0.3, 0.4) is 0 Å². The molecule has 0 aromatic rings. The Bertz CT molecular complexity index is 572. The summed E-state index contributed by atoms with van der Waals surface area (Å²) in [6, 6.07) is 0. The number of guanidine groups is 1. The summed E-state index contributed by atoms with van der Waals surface area (Å²) >= 11 is 0. The molecule has 1 amide bonds. The van der Waals surface area contributed by atoms with Crippen molar-refractivity contribution in [1.29, 1.82) is 0 Å². The highest BCUT2D eigenvalue weighted by Gasteiger charge is 2.45. The van der Waals surface area contributed by atoms with Crippen molar-refractivity contribution in [2.24, 2.45) is 22.2 Å². The third kappa shape index (κ3) is 5.66. The van der Waals surface area contributed by atoms with Crippen LogP contribution in [0.1, 0.15) is 51.9 Å². The Balaban J connectivity index is 0.00000280. The van der Waals surface area contributed by atoms with Gasteiger partial charge in [-0.25, -0.2) is 0 Å². The Morgan fingerprint density at radius 1 is 1.32 bits per heavy atom. The molecule has 0 aromatic heterocycles. The molecule has 0 bridgehead atoms. The molecule has 3 unspecified atom stereocenters. The van der Waals surface area contributed by atoms with E-state index < -0.39 is 18.0 Å². The zero-order valence-electron chi connectivity index (χ0n) is 16.5. The van der Waals surface area contributed by atoms with Crippen molar-refractivity contribution < 1.29 is 18.0 Å². The molecule has 3 rings (SSSR count). The first kappa shape index (κ1) is 23.5. The van der Waals surface area contributed by atoms with Gasteiger partial charge in [0.25, 0.3) is 0 Å². The quantitative estimate of drug-likeness (QED) is 0.343. The molecule has 1 aliphatic carbocycles. The Morgan fingerprint density at radius 2 is 2.07 bits per heavy atom. The van der Waals surface area contributed by atoms with Crippen LogP contribution in [-0.2, 0) is 4.79 Å². The van der Waals surface area contributed by atoms with Crippen LogP contribution in [0.5, 0.6) is 0 Å². The van der Waals surface area contributed by atoms with Gasteiger partial charge < -0.3 is 15.5 Å². The van der Waals surface area contributed by atoms with Crippen molar-refractivity contribution in [2.45, 2.75) is 58.0 Å². The lowest BCUT2D eigenvalue weighted by Crippen LogP contribution is -2.51. The monoisotopic (exact) mass is 516 g/mol. The van der Waals surface area contributed by atoms with E-state index in [-0.39, 0.29) is 48.3 Å². The molecule has 162 valence electrons. The minimum atomic E-state index is -4.13. The summed E-state index contributed by atoms with van der Waals surface area (Å²) in [7, 11) is 0. The first-order chi connectivity index (χ1) is 12.8. The second-order valence-corrected chi connectivity index (χ2v) is 8.37. The predicted molar refractivity (Wildman–Crippen MR) is 114 cm³/mol. The predicted octanol–water partition coefficient (Wildman–Crippen LogP) is 3.54. The number of amides is 1. The van der Waals surface area contributed by atoms with Crippen molar-refractivity contribution in [1.82, 2.24) is 15.5 Å². The first-order valence-corrected chi connectivity index (χ1v) is 10.2. The molecule has 0 aromatic carbocycles. The van der Waals surface area contributed by atoms with E-state index in [2.05, 4.69) is 20.5 Å². The third-order valence-corrected chi connectivity index (χ3v) is 6.30. The minimum Gasteiger partial charge on any atom is -0.357 e. The zero-order chi connectivity index (χ0) is 19.5. The molecule has 3 fully saturated rings. The lowest BCUT2D eigenvalue weighted by Gasteiger charge is -2.41. The molecule has 2 heterocycles. The number of halogens is 4. The van der Waals surface area contributed by atoms with E-state index >= 15 is 0 Å². The van der Waals surface area contributed by atoms with Crippen molar-refractivity contribution in [2.75, 3.05) is 32.7 Å². The summed E-state index contributed by atoms with van der Waals surface area (Å²) < 4.78 is 40.0. The summed E-state index contributed by atoms with van der Waals surface area (Å²) in [6.07, 6.45) is 0.681. The fourth-order valence-electron chi connectivity index (χ4n) is 4.92. The van der Waals surface area contributed by atoms with Crippen LogP contribution in [0.2, 0.25) is 0 Å². The number of carbonyl (C=O) groups excluding carboxylic acids is 1. The average molecular weight is 516 g/mol. The highest BCUT2D eigenvalue weighted by molar-refractivity contribution is 14.0. The number of nitrogens with zero attached hydrogens (tertiary/aromatic N) is 2. The van der Waals surface area contributed by atoms with Gasteiger partial charge in [-0.1, -0.05) is 12.8 Å². The Morgan fingerprint density at radius 3 is 2.71 bits per heavy atom. The number of hydrogen-bond donors (Lipinski definition) is 2. The number of alkyl halides is 3. The maximum absolute atomic E-state index is 13.3. The van der Waals surface area contributed by atoms with Gasteiger partial charge in [-0.3, -0.25) is 9.79 Å². The lowest BCUT2D eigenvalue weighted by atomic mass is 9.78. The molecular formula is C19H32F3IN4O. The van der Waals surface area contributed by atoms with Crippen molar-refractivity contribution in [3.63, 3.8) is 0 Å². The Labute approximate surface area is 182 Å². The lowest BCUT2D eigenvalue weighted by molar-refractivity contribution is -0.195. The van der Waals surface area contributed by atoms with E-state index in [9.17, 15) is 18.0 Å². The van der Waals surface area contributed by atoms with E-state index in [0.717, 1.165) is 32.4 Å². The fourth-order valence-corrected chi connectivity index (χ4v) is 4.92. The van der Waals surface area contributed by atoms with E-state index in [1.165, 1.54) is 0 Å². The van der Waals surface area contributed by atoms with Crippen LogP contribution < -0.4 is 10.6 Å². The second-order valence-electron chi connectivity index (χ2n) is 8.37. The SMILES string of the molecule is CCNC(=NCC1CCCCC1C(F)(F)F)N1CCCC2(CNC(=O)C2)C1.I. The molecule has 1 saturated carbocycles. The summed E-state index contributed by atoms with van der Waals surface area (Å²) in [4.78, 5) is 18.5. The molecule has 2 N–H and O–H groups in total. The molecule has 3 aliphatic rings. The number of carbonyl (C=O) groups is 1. The van der Waals surface area contributed by atoms with E-state index in [1.807, 2.05) is 6.92 Å². The maximum Gasteiger partial charge on any atom is 0.392 e. The third-order valence-electron chi connectivity index (χ3n) is 6.30. The van der Waals surface area contributed by atoms with Gasteiger partial charge in [0.05, 0.1) is 5.92 Å². The highest BCUT2D eigenvalue weighted by atomic mass is 127. The van der Waals surface area contributed by atoms with Gasteiger partial charge in [-0.2, -0.15) is 13.2 Å². The molecule has 2 aliphatic heterocycles. The van der Waals surface area contributed by atoms with Crippen LogP contribution in [0, 0.1) is 17.3 Å². The van der Waals surface area contributed by atoms with Gasteiger partial charge in [-0.05, 0) is 38.5 Å². The van der Waals surface area contributed by atoms with Gasteiger partial charge in [0.2, 0.25) is 5.91 Å². The Hall–Kier alpha value is -0.740.